The van der Waals surface area contributed by atoms with Gasteiger partial charge in [-0.05, 0) is 66.9 Å². The number of thioether (sulfide) groups is 1. The van der Waals surface area contributed by atoms with Crippen LogP contribution in [0, 0.1) is 5.82 Å². The van der Waals surface area contributed by atoms with Gasteiger partial charge in [-0.2, -0.15) is 0 Å². The maximum absolute atomic E-state index is 13.2. The molecule has 0 amide bonds. The molecule has 32 heavy (non-hydrogen) atoms. The van der Waals surface area contributed by atoms with Crippen LogP contribution in [0.3, 0.4) is 0 Å². The van der Waals surface area contributed by atoms with Crippen LogP contribution in [-0.4, -0.2) is 33.9 Å². The van der Waals surface area contributed by atoms with E-state index < -0.39 is 0 Å². The van der Waals surface area contributed by atoms with Crippen LogP contribution in [0.4, 0.5) is 10.1 Å². The summed E-state index contributed by atoms with van der Waals surface area (Å²) in [6.45, 7) is 0.882. The van der Waals surface area contributed by atoms with Gasteiger partial charge in [-0.25, -0.2) is 9.37 Å². The van der Waals surface area contributed by atoms with Crippen molar-refractivity contribution in [2.45, 2.75) is 18.0 Å². The Morgan fingerprint density at radius 1 is 0.969 bits per heavy atom. The van der Waals surface area contributed by atoms with Gasteiger partial charge in [0.2, 0.25) is 0 Å². The molecule has 7 heteroatoms. The first-order valence-electron chi connectivity index (χ1n) is 10.4. The van der Waals surface area contributed by atoms with Crippen molar-refractivity contribution in [3.63, 3.8) is 0 Å². The number of aryl methyl sites for hydroxylation is 2. The van der Waals surface area contributed by atoms with Crippen molar-refractivity contribution in [3.8, 4) is 5.69 Å². The molecule has 0 aliphatic rings. The predicted molar refractivity (Wildman–Crippen MR) is 131 cm³/mol. The van der Waals surface area contributed by atoms with Crippen LogP contribution in [0.25, 0.3) is 5.69 Å². The molecule has 164 valence electrons. The second-order valence-electron chi connectivity index (χ2n) is 7.45. The summed E-state index contributed by atoms with van der Waals surface area (Å²) in [5.41, 5.74) is 4.39. The number of hydrogen-bond donors (Lipinski definition) is 0. The molecule has 4 rings (SSSR count). The highest BCUT2D eigenvalue weighted by Gasteiger charge is 2.13. The number of nitrogens with zero attached hydrogens (tertiary/aromatic N) is 4. The van der Waals surface area contributed by atoms with E-state index in [1.165, 1.54) is 12.1 Å². The highest BCUT2D eigenvalue weighted by molar-refractivity contribution is 7.99. The van der Waals surface area contributed by atoms with Crippen molar-refractivity contribution in [1.82, 2.24) is 14.5 Å². The number of pyridine rings is 1. The molecule has 0 N–H and O–H groups in total. The van der Waals surface area contributed by atoms with E-state index in [1.807, 2.05) is 54.7 Å². The van der Waals surface area contributed by atoms with Crippen molar-refractivity contribution in [2.24, 2.45) is 0 Å². The first-order valence-corrected chi connectivity index (χ1v) is 11.8. The van der Waals surface area contributed by atoms with Crippen molar-refractivity contribution < 1.29 is 4.39 Å². The van der Waals surface area contributed by atoms with E-state index in [9.17, 15) is 4.39 Å². The van der Waals surface area contributed by atoms with E-state index in [1.54, 1.807) is 24.2 Å². The molecule has 2 aromatic heterocycles. The zero-order chi connectivity index (χ0) is 22.3. The zero-order valence-corrected chi connectivity index (χ0v) is 19.4. The van der Waals surface area contributed by atoms with Gasteiger partial charge in [0, 0.05) is 60.0 Å². The monoisotopic (exact) mass is 466 g/mol. The molecule has 0 fully saturated rings. The average Bonchev–Trinajstić information content (AvgIpc) is 3.22. The van der Waals surface area contributed by atoms with Crippen LogP contribution < -0.4 is 4.90 Å². The summed E-state index contributed by atoms with van der Waals surface area (Å²) >= 11 is 7.84. The second-order valence-corrected chi connectivity index (χ2v) is 8.94. The first-order chi connectivity index (χ1) is 15.6. The number of anilines is 1. The number of benzene rings is 2. The Balaban J connectivity index is 1.49. The Morgan fingerprint density at radius 3 is 2.41 bits per heavy atom. The van der Waals surface area contributed by atoms with Crippen LogP contribution in [-0.2, 0) is 12.8 Å². The average molecular weight is 467 g/mol. The Labute approximate surface area is 197 Å². The molecule has 2 heterocycles. The lowest BCUT2D eigenvalue weighted by Gasteiger charge is -2.19. The van der Waals surface area contributed by atoms with E-state index >= 15 is 0 Å². The van der Waals surface area contributed by atoms with Crippen LogP contribution in [0.15, 0.2) is 84.4 Å². The summed E-state index contributed by atoms with van der Waals surface area (Å²) in [6, 6.07) is 18.5. The molecule has 4 nitrogen and oxygen atoms in total. The number of halogens is 2. The standard InChI is InChI=1S/C25H24ClFN4S/c1-30(22-12-14-28-15-13-22)16-17-32-25-29-18-24(9-4-19-2-7-21(27)8-3-19)31(25)23-10-5-20(26)6-11-23/h2-3,5-8,10-15,18H,4,9,16-17H2,1H3. The lowest BCUT2D eigenvalue weighted by Crippen LogP contribution is -2.20. The molecule has 0 atom stereocenters. The van der Waals surface area contributed by atoms with E-state index in [0.29, 0.717) is 5.02 Å². The zero-order valence-electron chi connectivity index (χ0n) is 17.8. The molecular formula is C25H24ClFN4S. The number of imidazole rings is 1. The predicted octanol–water partition coefficient (Wildman–Crippen LogP) is 6.07. The van der Waals surface area contributed by atoms with Gasteiger partial charge in [-0.15, -0.1) is 0 Å². The van der Waals surface area contributed by atoms with Crippen molar-refractivity contribution in [1.29, 1.82) is 0 Å². The van der Waals surface area contributed by atoms with Gasteiger partial charge < -0.3 is 4.90 Å². The highest BCUT2D eigenvalue weighted by atomic mass is 35.5. The lowest BCUT2D eigenvalue weighted by atomic mass is 10.1. The topological polar surface area (TPSA) is 34.0 Å². The molecule has 4 aromatic rings. The van der Waals surface area contributed by atoms with Crippen LogP contribution in [0.5, 0.6) is 0 Å². The minimum absolute atomic E-state index is 0.213. The van der Waals surface area contributed by atoms with Crippen LogP contribution >= 0.6 is 23.4 Å². The normalized spacial score (nSPS) is 11.0. The SMILES string of the molecule is CN(CCSc1ncc(CCc2ccc(F)cc2)n1-c1ccc(Cl)cc1)c1ccncc1. The minimum Gasteiger partial charge on any atom is -0.374 e. The summed E-state index contributed by atoms with van der Waals surface area (Å²) in [7, 11) is 2.08. The summed E-state index contributed by atoms with van der Waals surface area (Å²) in [5.74, 6) is 0.677. The molecular weight excluding hydrogens is 443 g/mol. The minimum atomic E-state index is -0.213. The van der Waals surface area contributed by atoms with Gasteiger partial charge in [0.1, 0.15) is 5.82 Å². The molecule has 0 unspecified atom stereocenters. The third-order valence-corrected chi connectivity index (χ3v) is 6.42. The summed E-state index contributed by atoms with van der Waals surface area (Å²) in [5, 5.41) is 1.65. The fraction of sp³-hybridized carbons (Fsp3) is 0.200. The molecule has 0 aliphatic heterocycles. The molecule has 0 bridgehead atoms. The maximum atomic E-state index is 13.2. The summed E-state index contributed by atoms with van der Waals surface area (Å²) in [4.78, 5) is 11.0. The lowest BCUT2D eigenvalue weighted by molar-refractivity contribution is 0.627. The largest absolute Gasteiger partial charge is 0.374 e. The van der Waals surface area contributed by atoms with Gasteiger partial charge >= 0.3 is 0 Å². The number of hydrogen-bond acceptors (Lipinski definition) is 4. The van der Waals surface area contributed by atoms with Crippen LogP contribution in [0.2, 0.25) is 5.02 Å². The molecule has 2 aromatic carbocycles. The Bertz CT molecular complexity index is 1130. The fourth-order valence-corrected chi connectivity index (χ4v) is 4.59. The summed E-state index contributed by atoms with van der Waals surface area (Å²) < 4.78 is 15.4. The van der Waals surface area contributed by atoms with Crippen molar-refractivity contribution in [2.75, 3.05) is 24.2 Å². The second kappa shape index (κ2) is 10.7. The van der Waals surface area contributed by atoms with Crippen molar-refractivity contribution >= 4 is 29.1 Å². The molecule has 0 aliphatic carbocycles. The Hall–Kier alpha value is -2.83. The van der Waals surface area contributed by atoms with Gasteiger partial charge in [0.15, 0.2) is 5.16 Å². The first kappa shape index (κ1) is 22.4. The number of aromatic nitrogens is 3. The van der Waals surface area contributed by atoms with Gasteiger partial charge in [0.25, 0.3) is 0 Å². The fourth-order valence-electron chi connectivity index (χ4n) is 3.44. The maximum Gasteiger partial charge on any atom is 0.172 e. The van der Waals surface area contributed by atoms with Crippen LogP contribution in [0.1, 0.15) is 11.3 Å². The molecule has 0 spiro atoms. The van der Waals surface area contributed by atoms with E-state index in [2.05, 4.69) is 21.5 Å². The van der Waals surface area contributed by atoms with Crippen molar-refractivity contribution in [3.05, 3.63) is 101 Å². The summed E-state index contributed by atoms with van der Waals surface area (Å²) in [6.07, 6.45) is 7.17. The van der Waals surface area contributed by atoms with E-state index in [0.717, 1.165) is 52.9 Å². The Kier molecular flexibility index (Phi) is 7.45. The Morgan fingerprint density at radius 2 is 1.69 bits per heavy atom. The quantitative estimate of drug-likeness (QED) is 0.280. The highest BCUT2D eigenvalue weighted by Crippen LogP contribution is 2.26. The van der Waals surface area contributed by atoms with E-state index in [-0.39, 0.29) is 5.82 Å². The smallest absolute Gasteiger partial charge is 0.172 e. The third kappa shape index (κ3) is 5.69. The number of rotatable bonds is 9. The molecule has 0 saturated carbocycles. The van der Waals surface area contributed by atoms with E-state index in [4.69, 9.17) is 16.6 Å². The van der Waals surface area contributed by atoms with Gasteiger partial charge in [-0.1, -0.05) is 35.5 Å². The molecule has 0 radical (unpaired) electrons. The van der Waals surface area contributed by atoms with Gasteiger partial charge in [0.05, 0.1) is 0 Å². The van der Waals surface area contributed by atoms with Gasteiger partial charge in [-0.3, -0.25) is 9.55 Å². The molecule has 0 saturated heterocycles. The third-order valence-electron chi connectivity index (χ3n) is 5.23.